The summed E-state index contributed by atoms with van der Waals surface area (Å²) < 4.78 is 24.3. The minimum Gasteiger partial charge on any atom is -0.494 e. The molecule has 1 aromatic carbocycles. The molecule has 1 aromatic rings. The molecule has 1 fully saturated rings. The van der Waals surface area contributed by atoms with E-state index >= 15 is 0 Å². The van der Waals surface area contributed by atoms with Crippen molar-refractivity contribution in [3.05, 3.63) is 29.6 Å². The van der Waals surface area contributed by atoms with Gasteiger partial charge in [-0.3, -0.25) is 4.90 Å². The van der Waals surface area contributed by atoms with Crippen LogP contribution in [0.1, 0.15) is 18.9 Å². The summed E-state index contributed by atoms with van der Waals surface area (Å²) in [6.07, 6.45) is 1.12. The number of benzene rings is 1. The van der Waals surface area contributed by atoms with Crippen LogP contribution in [-0.4, -0.2) is 50.9 Å². The van der Waals surface area contributed by atoms with Gasteiger partial charge in [0.05, 0.1) is 20.3 Å². The van der Waals surface area contributed by atoms with E-state index in [0.29, 0.717) is 11.8 Å². The standard InChI is InChI=1S/C16H25FN2O2/c1-3-6-18-10-14-12-21-8-7-19(14)11-13-4-5-16(20-2)15(17)9-13/h4-5,9,14,18H,3,6-8,10-12H2,1-2H3. The number of hydrogen-bond acceptors (Lipinski definition) is 4. The number of methoxy groups -OCH3 is 1. The van der Waals surface area contributed by atoms with Crippen molar-refractivity contribution in [2.24, 2.45) is 0 Å². The van der Waals surface area contributed by atoms with Crippen LogP contribution in [0.3, 0.4) is 0 Å². The molecule has 1 aliphatic rings. The molecular formula is C16H25FN2O2. The Kier molecular flexibility index (Phi) is 6.42. The van der Waals surface area contributed by atoms with E-state index in [-0.39, 0.29) is 5.82 Å². The van der Waals surface area contributed by atoms with Crippen LogP contribution >= 0.6 is 0 Å². The van der Waals surface area contributed by atoms with Gasteiger partial charge < -0.3 is 14.8 Å². The molecule has 0 radical (unpaired) electrons. The van der Waals surface area contributed by atoms with E-state index in [0.717, 1.165) is 51.4 Å². The number of hydrogen-bond donors (Lipinski definition) is 1. The lowest BCUT2D eigenvalue weighted by molar-refractivity contribution is -0.0109. The maximum atomic E-state index is 13.8. The van der Waals surface area contributed by atoms with Crippen LogP contribution in [0.4, 0.5) is 4.39 Å². The molecule has 118 valence electrons. The fourth-order valence-electron chi connectivity index (χ4n) is 2.57. The molecule has 5 heteroatoms. The van der Waals surface area contributed by atoms with E-state index in [4.69, 9.17) is 9.47 Å². The summed E-state index contributed by atoms with van der Waals surface area (Å²) in [7, 11) is 1.48. The quantitative estimate of drug-likeness (QED) is 0.781. The fraction of sp³-hybridized carbons (Fsp3) is 0.625. The van der Waals surface area contributed by atoms with E-state index in [1.54, 1.807) is 12.1 Å². The fourth-order valence-corrected chi connectivity index (χ4v) is 2.57. The average Bonchev–Trinajstić information content (AvgIpc) is 2.49. The Morgan fingerprint density at radius 1 is 1.48 bits per heavy atom. The second-order valence-corrected chi connectivity index (χ2v) is 5.37. The van der Waals surface area contributed by atoms with E-state index in [9.17, 15) is 4.39 Å². The molecule has 1 atom stereocenters. The zero-order valence-corrected chi connectivity index (χ0v) is 12.9. The summed E-state index contributed by atoms with van der Waals surface area (Å²) in [6.45, 7) is 7.17. The van der Waals surface area contributed by atoms with Crippen LogP contribution in [0.15, 0.2) is 18.2 Å². The largest absolute Gasteiger partial charge is 0.494 e. The predicted octanol–water partition coefficient (Wildman–Crippen LogP) is 2.03. The molecule has 1 unspecified atom stereocenters. The van der Waals surface area contributed by atoms with Crippen LogP contribution < -0.4 is 10.1 Å². The molecule has 0 saturated carbocycles. The minimum absolute atomic E-state index is 0.293. The third-order valence-corrected chi connectivity index (χ3v) is 3.76. The molecule has 0 spiro atoms. The third-order valence-electron chi connectivity index (χ3n) is 3.76. The zero-order chi connectivity index (χ0) is 15.1. The summed E-state index contributed by atoms with van der Waals surface area (Å²) in [6, 6.07) is 5.52. The third kappa shape index (κ3) is 4.66. The Hall–Kier alpha value is -1.17. The molecule has 0 aliphatic carbocycles. The Morgan fingerprint density at radius 3 is 3.05 bits per heavy atom. The second-order valence-electron chi connectivity index (χ2n) is 5.37. The van der Waals surface area contributed by atoms with Gasteiger partial charge in [-0.05, 0) is 30.7 Å². The van der Waals surface area contributed by atoms with Gasteiger partial charge in [-0.1, -0.05) is 13.0 Å². The van der Waals surface area contributed by atoms with Gasteiger partial charge in [0.25, 0.3) is 0 Å². The van der Waals surface area contributed by atoms with Crippen molar-refractivity contribution in [1.29, 1.82) is 0 Å². The monoisotopic (exact) mass is 296 g/mol. The smallest absolute Gasteiger partial charge is 0.165 e. The van der Waals surface area contributed by atoms with Crippen LogP contribution in [0.25, 0.3) is 0 Å². The normalized spacial score (nSPS) is 19.7. The van der Waals surface area contributed by atoms with E-state index in [2.05, 4.69) is 17.1 Å². The molecular weight excluding hydrogens is 271 g/mol. The summed E-state index contributed by atoms with van der Waals surface area (Å²) in [5.41, 5.74) is 0.968. The number of halogens is 1. The van der Waals surface area contributed by atoms with Gasteiger partial charge in [0.2, 0.25) is 0 Å². The molecule has 1 N–H and O–H groups in total. The molecule has 1 heterocycles. The Bertz CT molecular complexity index is 442. The van der Waals surface area contributed by atoms with Gasteiger partial charge in [-0.2, -0.15) is 0 Å². The lowest BCUT2D eigenvalue weighted by Gasteiger charge is -2.35. The molecule has 2 rings (SSSR count). The first-order valence-corrected chi connectivity index (χ1v) is 7.59. The summed E-state index contributed by atoms with van der Waals surface area (Å²) in [5.74, 6) is -0.00851. The van der Waals surface area contributed by atoms with Crippen LogP contribution in [0.5, 0.6) is 5.75 Å². The number of morpholine rings is 1. The molecule has 4 nitrogen and oxygen atoms in total. The first-order valence-electron chi connectivity index (χ1n) is 7.59. The molecule has 21 heavy (non-hydrogen) atoms. The molecule has 0 amide bonds. The topological polar surface area (TPSA) is 33.7 Å². The van der Waals surface area contributed by atoms with Crippen molar-refractivity contribution in [2.45, 2.75) is 25.9 Å². The van der Waals surface area contributed by atoms with Crippen molar-refractivity contribution < 1.29 is 13.9 Å². The molecule has 0 aromatic heterocycles. The maximum absolute atomic E-state index is 13.8. The van der Waals surface area contributed by atoms with Gasteiger partial charge in [-0.15, -0.1) is 0 Å². The van der Waals surface area contributed by atoms with Gasteiger partial charge in [0.15, 0.2) is 11.6 Å². The number of nitrogens with one attached hydrogen (secondary N) is 1. The molecule has 0 bridgehead atoms. The first kappa shape index (κ1) is 16.2. The highest BCUT2D eigenvalue weighted by Crippen LogP contribution is 2.20. The van der Waals surface area contributed by atoms with Crippen molar-refractivity contribution >= 4 is 0 Å². The average molecular weight is 296 g/mol. The van der Waals surface area contributed by atoms with Crippen LogP contribution in [0, 0.1) is 5.82 Å². The second kappa shape index (κ2) is 8.32. The Morgan fingerprint density at radius 2 is 2.33 bits per heavy atom. The Balaban J connectivity index is 1.96. The van der Waals surface area contributed by atoms with Gasteiger partial charge >= 0.3 is 0 Å². The Labute approximate surface area is 126 Å². The van der Waals surface area contributed by atoms with Crippen molar-refractivity contribution in [3.63, 3.8) is 0 Å². The van der Waals surface area contributed by atoms with Crippen LogP contribution in [-0.2, 0) is 11.3 Å². The lowest BCUT2D eigenvalue weighted by Crippen LogP contribution is -2.49. The summed E-state index contributed by atoms with van der Waals surface area (Å²) in [5, 5.41) is 3.43. The predicted molar refractivity (Wildman–Crippen MR) is 81.1 cm³/mol. The van der Waals surface area contributed by atoms with Gasteiger partial charge in [-0.25, -0.2) is 4.39 Å². The summed E-state index contributed by atoms with van der Waals surface area (Å²) >= 11 is 0. The first-order chi connectivity index (χ1) is 10.2. The van der Waals surface area contributed by atoms with E-state index in [1.165, 1.54) is 7.11 Å². The highest BCUT2D eigenvalue weighted by Gasteiger charge is 2.22. The summed E-state index contributed by atoms with van der Waals surface area (Å²) in [4.78, 5) is 2.35. The minimum atomic E-state index is -0.302. The number of rotatable bonds is 7. The van der Waals surface area contributed by atoms with Crippen LogP contribution in [0.2, 0.25) is 0 Å². The molecule has 1 aliphatic heterocycles. The van der Waals surface area contributed by atoms with Crippen molar-refractivity contribution in [1.82, 2.24) is 10.2 Å². The highest BCUT2D eigenvalue weighted by molar-refractivity contribution is 5.29. The van der Waals surface area contributed by atoms with E-state index in [1.807, 2.05) is 6.07 Å². The van der Waals surface area contributed by atoms with Crippen molar-refractivity contribution in [2.75, 3.05) is 40.0 Å². The van der Waals surface area contributed by atoms with E-state index < -0.39 is 0 Å². The lowest BCUT2D eigenvalue weighted by atomic mass is 10.1. The zero-order valence-electron chi connectivity index (χ0n) is 12.9. The van der Waals surface area contributed by atoms with Gasteiger partial charge in [0.1, 0.15) is 0 Å². The molecule has 1 saturated heterocycles. The number of nitrogens with zero attached hydrogens (tertiary/aromatic N) is 1. The SMILES string of the molecule is CCCNCC1COCCN1Cc1ccc(OC)c(F)c1. The maximum Gasteiger partial charge on any atom is 0.165 e. The number of ether oxygens (including phenoxy) is 2. The van der Waals surface area contributed by atoms with Gasteiger partial charge in [0, 0.05) is 25.7 Å². The van der Waals surface area contributed by atoms with Crippen molar-refractivity contribution in [3.8, 4) is 5.75 Å². The highest BCUT2D eigenvalue weighted by atomic mass is 19.1.